The third kappa shape index (κ3) is 5.13. The first-order chi connectivity index (χ1) is 13.3. The molecular formula is C21H23F5OSi. The fourth-order valence-corrected chi connectivity index (χ4v) is 7.54. The molecule has 1 aliphatic rings. The number of hydrogen-bond donors (Lipinski definition) is 0. The highest BCUT2D eigenvalue weighted by Crippen LogP contribution is 2.37. The van der Waals surface area contributed by atoms with E-state index in [-0.39, 0.29) is 11.1 Å². The minimum absolute atomic E-state index is 0.0360. The second-order valence-corrected chi connectivity index (χ2v) is 10.9. The van der Waals surface area contributed by atoms with Crippen LogP contribution in [0.3, 0.4) is 0 Å². The fraction of sp³-hybridized carbons (Fsp3) is 0.429. The molecule has 0 bridgehead atoms. The highest BCUT2D eigenvalue weighted by atomic mass is 28.3. The van der Waals surface area contributed by atoms with Crippen LogP contribution in [0.4, 0.5) is 22.0 Å². The third-order valence-electron chi connectivity index (χ3n) is 5.47. The van der Waals surface area contributed by atoms with E-state index in [4.69, 9.17) is 0 Å². The summed E-state index contributed by atoms with van der Waals surface area (Å²) in [5, 5.41) is 0. The molecule has 3 rings (SSSR count). The average molecular weight is 414 g/mol. The van der Waals surface area contributed by atoms with E-state index >= 15 is 0 Å². The molecule has 1 nitrogen and oxygen atoms in total. The molecular weight excluding hydrogens is 391 g/mol. The number of alkyl halides is 3. The zero-order valence-corrected chi connectivity index (χ0v) is 16.8. The molecule has 1 heterocycles. The molecule has 7 heteroatoms. The zero-order chi connectivity index (χ0) is 20.3. The van der Waals surface area contributed by atoms with Gasteiger partial charge < -0.3 is 4.74 Å². The van der Waals surface area contributed by atoms with Crippen molar-refractivity contribution in [2.45, 2.75) is 56.6 Å². The Morgan fingerprint density at radius 3 is 2.11 bits per heavy atom. The molecule has 1 aliphatic heterocycles. The largest absolute Gasteiger partial charge is 0.573 e. The van der Waals surface area contributed by atoms with Gasteiger partial charge in [-0.15, -0.1) is 13.2 Å². The summed E-state index contributed by atoms with van der Waals surface area (Å²) >= 11 is 0. The van der Waals surface area contributed by atoms with Gasteiger partial charge in [0.2, 0.25) is 0 Å². The SMILES string of the molecule is CCC[SiH]1CCC(c2ccc(-c3ccc(OC(F)(F)F)cc3F)c(F)c2)CC1. The quantitative estimate of drug-likeness (QED) is 0.376. The van der Waals surface area contributed by atoms with Gasteiger partial charge >= 0.3 is 6.36 Å². The van der Waals surface area contributed by atoms with E-state index in [1.807, 2.05) is 6.07 Å². The predicted molar refractivity (Wildman–Crippen MR) is 102 cm³/mol. The topological polar surface area (TPSA) is 9.23 Å². The molecule has 0 amide bonds. The molecule has 0 unspecified atom stereocenters. The molecule has 1 fully saturated rings. The van der Waals surface area contributed by atoms with Gasteiger partial charge in [-0.3, -0.25) is 0 Å². The van der Waals surface area contributed by atoms with Crippen LogP contribution in [-0.2, 0) is 0 Å². The van der Waals surface area contributed by atoms with Crippen LogP contribution in [0, 0.1) is 11.6 Å². The molecule has 0 N–H and O–H groups in total. The van der Waals surface area contributed by atoms with Crippen LogP contribution in [0.5, 0.6) is 5.75 Å². The maximum Gasteiger partial charge on any atom is 0.573 e. The average Bonchev–Trinajstić information content (AvgIpc) is 2.62. The maximum absolute atomic E-state index is 14.7. The Balaban J connectivity index is 1.76. The first kappa shape index (κ1) is 20.8. The fourth-order valence-electron chi connectivity index (χ4n) is 4.11. The lowest BCUT2D eigenvalue weighted by Gasteiger charge is -2.28. The highest BCUT2D eigenvalue weighted by molar-refractivity contribution is 6.59. The van der Waals surface area contributed by atoms with Gasteiger partial charge in [-0.1, -0.05) is 43.6 Å². The van der Waals surface area contributed by atoms with Crippen LogP contribution < -0.4 is 4.74 Å². The number of rotatable bonds is 5. The van der Waals surface area contributed by atoms with E-state index < -0.39 is 32.5 Å². The smallest absolute Gasteiger partial charge is 0.406 e. The van der Waals surface area contributed by atoms with E-state index in [1.165, 1.54) is 36.7 Å². The summed E-state index contributed by atoms with van der Waals surface area (Å²) in [6, 6.07) is 11.4. The highest BCUT2D eigenvalue weighted by Gasteiger charge is 2.31. The van der Waals surface area contributed by atoms with Crippen molar-refractivity contribution in [3.05, 3.63) is 53.6 Å². The molecule has 28 heavy (non-hydrogen) atoms. The van der Waals surface area contributed by atoms with Crippen molar-refractivity contribution in [3.8, 4) is 16.9 Å². The summed E-state index contributed by atoms with van der Waals surface area (Å²) in [5.41, 5.74) is 0.870. The van der Waals surface area contributed by atoms with E-state index in [0.717, 1.165) is 30.5 Å². The summed E-state index contributed by atoms with van der Waals surface area (Å²) in [6.07, 6.45) is -1.51. The van der Waals surface area contributed by atoms with E-state index in [9.17, 15) is 22.0 Å². The number of hydrogen-bond acceptors (Lipinski definition) is 1. The lowest BCUT2D eigenvalue weighted by Crippen LogP contribution is -2.20. The molecule has 152 valence electrons. The Morgan fingerprint density at radius 1 is 0.964 bits per heavy atom. The van der Waals surface area contributed by atoms with Crippen LogP contribution in [0.25, 0.3) is 11.1 Å². The maximum atomic E-state index is 14.7. The molecule has 2 aromatic rings. The lowest BCUT2D eigenvalue weighted by molar-refractivity contribution is -0.274. The monoisotopic (exact) mass is 414 g/mol. The second kappa shape index (κ2) is 8.63. The van der Waals surface area contributed by atoms with Crippen molar-refractivity contribution in [1.82, 2.24) is 0 Å². The van der Waals surface area contributed by atoms with Crippen LogP contribution in [0.1, 0.15) is 37.7 Å². The molecule has 0 radical (unpaired) electrons. The van der Waals surface area contributed by atoms with Gasteiger partial charge in [0.15, 0.2) is 0 Å². The van der Waals surface area contributed by atoms with Gasteiger partial charge in [0.05, 0.1) is 0 Å². The summed E-state index contributed by atoms with van der Waals surface area (Å²) < 4.78 is 69.4. The first-order valence-corrected chi connectivity index (χ1v) is 12.1. The molecule has 0 aromatic heterocycles. The van der Waals surface area contributed by atoms with Crippen LogP contribution in [0.2, 0.25) is 18.1 Å². The Labute approximate surface area is 163 Å². The van der Waals surface area contributed by atoms with Crippen molar-refractivity contribution in [3.63, 3.8) is 0 Å². The summed E-state index contributed by atoms with van der Waals surface area (Å²) in [4.78, 5) is 0. The van der Waals surface area contributed by atoms with E-state index in [0.29, 0.717) is 12.0 Å². The van der Waals surface area contributed by atoms with E-state index in [1.54, 1.807) is 0 Å². The van der Waals surface area contributed by atoms with Crippen LogP contribution in [-0.4, -0.2) is 15.2 Å². The van der Waals surface area contributed by atoms with Crippen molar-refractivity contribution >= 4 is 8.80 Å². The second-order valence-electron chi connectivity index (χ2n) is 7.44. The predicted octanol–water partition coefficient (Wildman–Crippen LogP) is 7.04. The van der Waals surface area contributed by atoms with Gasteiger partial charge in [0.25, 0.3) is 0 Å². The van der Waals surface area contributed by atoms with Crippen LogP contribution in [0.15, 0.2) is 36.4 Å². The van der Waals surface area contributed by atoms with Crippen molar-refractivity contribution in [1.29, 1.82) is 0 Å². The normalized spacial score (nSPS) is 20.2. The molecule has 0 saturated carbocycles. The Hall–Kier alpha value is -1.89. The van der Waals surface area contributed by atoms with Crippen molar-refractivity contribution < 1.29 is 26.7 Å². The number of ether oxygens (including phenoxy) is 1. The van der Waals surface area contributed by atoms with Gasteiger partial charge in [-0.05, 0) is 42.5 Å². The van der Waals surface area contributed by atoms with E-state index in [2.05, 4.69) is 11.7 Å². The summed E-state index contributed by atoms with van der Waals surface area (Å²) in [7, 11) is -0.622. The summed E-state index contributed by atoms with van der Waals surface area (Å²) in [6.45, 7) is 2.22. The van der Waals surface area contributed by atoms with Crippen molar-refractivity contribution in [2.24, 2.45) is 0 Å². The van der Waals surface area contributed by atoms with Crippen molar-refractivity contribution in [2.75, 3.05) is 0 Å². The minimum Gasteiger partial charge on any atom is -0.406 e. The Bertz CT molecular complexity index is 813. The number of halogens is 5. The molecule has 0 aliphatic carbocycles. The standard InChI is InChI=1S/C21H23F5OSi/c1-2-9-28-10-7-14(8-11-28)15-3-5-17(19(22)12-15)18-6-4-16(13-20(18)23)27-21(24,25)26/h3-6,12-14,28H,2,7-11H2,1H3. The van der Waals surface area contributed by atoms with Gasteiger partial charge in [0, 0.05) is 26.0 Å². The van der Waals surface area contributed by atoms with Gasteiger partial charge in [-0.25, -0.2) is 8.78 Å². The third-order valence-corrected chi connectivity index (χ3v) is 9.17. The minimum atomic E-state index is -4.90. The summed E-state index contributed by atoms with van der Waals surface area (Å²) in [5.74, 6) is -1.86. The Kier molecular flexibility index (Phi) is 6.42. The van der Waals surface area contributed by atoms with Gasteiger partial charge in [-0.2, -0.15) is 0 Å². The zero-order valence-electron chi connectivity index (χ0n) is 15.7. The first-order valence-electron chi connectivity index (χ1n) is 9.62. The molecule has 0 atom stereocenters. The van der Waals surface area contributed by atoms with Gasteiger partial charge in [0.1, 0.15) is 17.4 Å². The Morgan fingerprint density at radius 2 is 1.57 bits per heavy atom. The molecule has 2 aromatic carbocycles. The molecule has 1 saturated heterocycles. The lowest BCUT2D eigenvalue weighted by atomic mass is 9.91. The molecule has 0 spiro atoms. The van der Waals surface area contributed by atoms with Crippen LogP contribution >= 0.6 is 0 Å². The number of benzene rings is 2.